The highest BCUT2D eigenvalue weighted by Crippen LogP contribution is 2.77. The summed E-state index contributed by atoms with van der Waals surface area (Å²) in [5.74, 6) is 6.39. The van der Waals surface area contributed by atoms with Crippen LogP contribution in [0.4, 0.5) is 0 Å². The number of rotatable bonds is 1. The van der Waals surface area contributed by atoms with Crippen molar-refractivity contribution >= 4 is 0 Å². The van der Waals surface area contributed by atoms with Crippen LogP contribution >= 0.6 is 0 Å². The van der Waals surface area contributed by atoms with E-state index in [9.17, 15) is 0 Å². The molecule has 2 heteroatoms. The van der Waals surface area contributed by atoms with Crippen molar-refractivity contribution in [3.63, 3.8) is 0 Å². The molecule has 0 radical (unpaired) electrons. The van der Waals surface area contributed by atoms with Gasteiger partial charge in [-0.1, -0.05) is 25.2 Å². The lowest BCUT2D eigenvalue weighted by Gasteiger charge is -2.56. The molecular formula is C23H30O2. The van der Waals surface area contributed by atoms with E-state index >= 15 is 0 Å². The molecule has 0 aromatic rings. The molecule has 1 heterocycles. The van der Waals surface area contributed by atoms with Crippen LogP contribution in [-0.4, -0.2) is 19.3 Å². The molecule has 25 heavy (non-hydrogen) atoms. The fourth-order valence-electron chi connectivity index (χ4n) is 8.16. The first kappa shape index (κ1) is 15.1. The van der Waals surface area contributed by atoms with Gasteiger partial charge < -0.3 is 9.47 Å². The molecule has 0 aromatic heterocycles. The van der Waals surface area contributed by atoms with E-state index < -0.39 is 0 Å². The molecule has 3 unspecified atom stereocenters. The lowest BCUT2D eigenvalue weighted by atomic mass is 9.50. The van der Waals surface area contributed by atoms with Crippen LogP contribution in [0.5, 0.6) is 0 Å². The average molecular weight is 338 g/mol. The molecule has 1 aliphatic heterocycles. The van der Waals surface area contributed by atoms with Crippen LogP contribution in [0.25, 0.3) is 0 Å². The molecule has 3 saturated carbocycles. The Labute approximate surface area is 151 Å². The summed E-state index contributed by atoms with van der Waals surface area (Å²) in [5, 5.41) is 0. The Hall–Kier alpha value is -1.02. The van der Waals surface area contributed by atoms with Crippen molar-refractivity contribution in [2.75, 3.05) is 13.7 Å². The molecular weight excluding hydrogens is 308 g/mol. The first-order valence-electron chi connectivity index (χ1n) is 10.4. The van der Waals surface area contributed by atoms with Crippen molar-refractivity contribution in [1.29, 1.82) is 0 Å². The van der Waals surface area contributed by atoms with Crippen molar-refractivity contribution in [2.45, 2.75) is 51.0 Å². The molecule has 5 aliphatic carbocycles. The van der Waals surface area contributed by atoms with Crippen LogP contribution in [0.15, 0.2) is 35.6 Å². The average Bonchev–Trinajstić information content (AvgIpc) is 3.20. The van der Waals surface area contributed by atoms with Gasteiger partial charge in [-0.2, -0.15) is 0 Å². The minimum Gasteiger partial charge on any atom is -0.501 e. The van der Waals surface area contributed by atoms with Crippen LogP contribution in [-0.2, 0) is 9.47 Å². The molecule has 1 spiro atoms. The quantitative estimate of drug-likeness (QED) is 0.634. The Kier molecular flexibility index (Phi) is 2.91. The van der Waals surface area contributed by atoms with Gasteiger partial charge in [0, 0.05) is 11.8 Å². The summed E-state index contributed by atoms with van der Waals surface area (Å²) < 4.78 is 12.0. The van der Waals surface area contributed by atoms with E-state index in [1.165, 1.54) is 37.9 Å². The lowest BCUT2D eigenvalue weighted by Crippen LogP contribution is -2.54. The van der Waals surface area contributed by atoms with Crippen molar-refractivity contribution in [2.24, 2.45) is 40.9 Å². The minimum absolute atomic E-state index is 0.0903. The number of ether oxygens (including phenoxy) is 2. The predicted octanol–water partition coefficient (Wildman–Crippen LogP) is 4.88. The van der Waals surface area contributed by atoms with E-state index in [2.05, 4.69) is 31.2 Å². The maximum atomic E-state index is 6.49. The van der Waals surface area contributed by atoms with Gasteiger partial charge in [-0.3, -0.25) is 0 Å². The SMILES string of the molecule is COC1=CC2=CCC3C(CC[C@@]4(C)C3[C@@H]3C[C@@H]3[C@@]43C=CCO3)[C@H]2CC1. The van der Waals surface area contributed by atoms with E-state index in [1.807, 2.05) is 7.11 Å². The highest BCUT2D eigenvalue weighted by Gasteiger charge is 2.76. The Morgan fingerprint density at radius 2 is 2.12 bits per heavy atom. The molecule has 6 aliphatic rings. The monoisotopic (exact) mass is 338 g/mol. The van der Waals surface area contributed by atoms with Gasteiger partial charge >= 0.3 is 0 Å². The van der Waals surface area contributed by atoms with Crippen LogP contribution in [0.1, 0.15) is 45.4 Å². The number of methoxy groups -OCH3 is 1. The molecule has 6 rings (SSSR count). The van der Waals surface area contributed by atoms with Gasteiger partial charge in [-0.25, -0.2) is 0 Å². The number of fused-ring (bicyclic) bond motifs is 9. The topological polar surface area (TPSA) is 18.5 Å². The maximum Gasteiger partial charge on any atom is 0.0958 e. The van der Waals surface area contributed by atoms with Gasteiger partial charge in [0.2, 0.25) is 0 Å². The lowest BCUT2D eigenvalue weighted by molar-refractivity contribution is -0.127. The molecule has 134 valence electrons. The zero-order chi connectivity index (χ0) is 16.8. The van der Waals surface area contributed by atoms with Crippen LogP contribution in [0.3, 0.4) is 0 Å². The molecule has 0 N–H and O–H groups in total. The molecule has 8 atom stereocenters. The zero-order valence-electron chi connectivity index (χ0n) is 15.5. The van der Waals surface area contributed by atoms with E-state index in [0.717, 1.165) is 48.5 Å². The highest BCUT2D eigenvalue weighted by molar-refractivity contribution is 5.36. The number of hydrogen-bond donors (Lipinski definition) is 0. The fraction of sp³-hybridized carbons (Fsp3) is 0.739. The Bertz CT molecular complexity index is 703. The smallest absolute Gasteiger partial charge is 0.0958 e. The normalized spacial score (nSPS) is 55.0. The Morgan fingerprint density at radius 3 is 2.92 bits per heavy atom. The van der Waals surface area contributed by atoms with Crippen molar-refractivity contribution in [1.82, 2.24) is 0 Å². The summed E-state index contributed by atoms with van der Waals surface area (Å²) in [6, 6.07) is 0. The maximum absolute atomic E-state index is 6.49. The summed E-state index contributed by atoms with van der Waals surface area (Å²) in [6.07, 6.45) is 17.6. The van der Waals surface area contributed by atoms with Gasteiger partial charge in [0.25, 0.3) is 0 Å². The van der Waals surface area contributed by atoms with Crippen LogP contribution in [0, 0.1) is 40.9 Å². The Morgan fingerprint density at radius 1 is 1.20 bits per heavy atom. The first-order valence-corrected chi connectivity index (χ1v) is 10.4. The zero-order valence-corrected chi connectivity index (χ0v) is 15.5. The first-order chi connectivity index (χ1) is 12.2. The summed E-state index contributed by atoms with van der Waals surface area (Å²) in [6.45, 7) is 3.43. The largest absolute Gasteiger partial charge is 0.501 e. The van der Waals surface area contributed by atoms with Gasteiger partial charge in [0.1, 0.15) is 0 Å². The van der Waals surface area contributed by atoms with Crippen molar-refractivity contribution < 1.29 is 9.47 Å². The third-order valence-corrected chi connectivity index (χ3v) is 9.13. The third kappa shape index (κ3) is 1.71. The molecule has 0 bridgehead atoms. The van der Waals surface area contributed by atoms with Gasteiger partial charge in [-0.05, 0) is 79.3 Å². The van der Waals surface area contributed by atoms with Crippen molar-refractivity contribution in [3.05, 3.63) is 35.6 Å². The van der Waals surface area contributed by atoms with Gasteiger partial charge in [-0.15, -0.1) is 0 Å². The highest BCUT2D eigenvalue weighted by atomic mass is 16.5. The van der Waals surface area contributed by atoms with Crippen LogP contribution < -0.4 is 0 Å². The Balaban J connectivity index is 1.37. The third-order valence-electron chi connectivity index (χ3n) is 9.13. The molecule has 2 nitrogen and oxygen atoms in total. The summed E-state index contributed by atoms with van der Waals surface area (Å²) in [5.41, 5.74) is 2.06. The van der Waals surface area contributed by atoms with Gasteiger partial charge in [0.05, 0.1) is 25.1 Å². The fourth-order valence-corrected chi connectivity index (χ4v) is 8.16. The van der Waals surface area contributed by atoms with E-state index in [4.69, 9.17) is 9.47 Å². The van der Waals surface area contributed by atoms with E-state index in [-0.39, 0.29) is 5.60 Å². The molecule has 0 aromatic carbocycles. The molecule has 0 saturated heterocycles. The van der Waals surface area contributed by atoms with E-state index in [1.54, 1.807) is 5.57 Å². The summed E-state index contributed by atoms with van der Waals surface area (Å²) >= 11 is 0. The summed E-state index contributed by atoms with van der Waals surface area (Å²) in [4.78, 5) is 0. The van der Waals surface area contributed by atoms with Crippen LogP contribution in [0.2, 0.25) is 0 Å². The number of hydrogen-bond acceptors (Lipinski definition) is 2. The summed E-state index contributed by atoms with van der Waals surface area (Å²) in [7, 11) is 1.82. The second-order valence-corrected chi connectivity index (χ2v) is 9.72. The number of allylic oxidation sites excluding steroid dienone is 4. The second-order valence-electron chi connectivity index (χ2n) is 9.72. The van der Waals surface area contributed by atoms with E-state index in [0.29, 0.717) is 5.41 Å². The molecule has 0 amide bonds. The minimum atomic E-state index is 0.0903. The van der Waals surface area contributed by atoms with Crippen molar-refractivity contribution in [3.8, 4) is 0 Å². The standard InChI is InChI=1S/C23H30O2/c1-22-10-8-17-16-7-5-15(24-2)12-14(16)4-6-18(17)21(22)19-13-20(19)23(22)9-3-11-25-23/h3-4,9,12,16-21H,5-8,10-11,13H2,1-2H3/t16-,17?,18?,19+,20-,21?,22-,23-/m0/s1. The van der Waals surface area contributed by atoms with Gasteiger partial charge in [0.15, 0.2) is 0 Å². The second kappa shape index (κ2) is 4.82. The molecule has 3 fully saturated rings. The predicted molar refractivity (Wildman–Crippen MR) is 97.7 cm³/mol.